The lowest BCUT2D eigenvalue weighted by molar-refractivity contribution is -0.119. The number of nitrogens with one attached hydrogen (secondary N) is 1. The molecule has 0 saturated heterocycles. The van der Waals surface area contributed by atoms with E-state index in [0.717, 1.165) is 35.3 Å². The summed E-state index contributed by atoms with van der Waals surface area (Å²) in [6.07, 6.45) is 2.57. The molecule has 1 atom stereocenters. The SMILES string of the molecule is CCC(C)NC(=O)CSc1nnc(-c2ccoc2C)n1CC. The number of thioether (sulfide) groups is 1. The fourth-order valence-electron chi connectivity index (χ4n) is 2.05. The molecule has 2 rings (SSSR count). The maximum Gasteiger partial charge on any atom is 0.230 e. The van der Waals surface area contributed by atoms with E-state index in [1.54, 1.807) is 6.26 Å². The molecule has 2 aromatic rings. The summed E-state index contributed by atoms with van der Waals surface area (Å²) in [6.45, 7) is 8.71. The topological polar surface area (TPSA) is 73.0 Å². The predicted octanol–water partition coefficient (Wildman–Crippen LogP) is 2.87. The van der Waals surface area contributed by atoms with Crippen molar-refractivity contribution < 1.29 is 9.21 Å². The van der Waals surface area contributed by atoms with Gasteiger partial charge in [-0.25, -0.2) is 0 Å². The van der Waals surface area contributed by atoms with E-state index in [4.69, 9.17) is 4.42 Å². The van der Waals surface area contributed by atoms with Gasteiger partial charge >= 0.3 is 0 Å². The standard InChI is InChI=1S/C15H22N4O2S/c1-5-10(3)16-13(20)9-22-15-18-17-14(19(15)6-2)12-7-8-21-11(12)4/h7-8,10H,5-6,9H2,1-4H3,(H,16,20). The number of hydrogen-bond donors (Lipinski definition) is 1. The number of rotatable bonds is 7. The van der Waals surface area contributed by atoms with Gasteiger partial charge in [-0.15, -0.1) is 10.2 Å². The summed E-state index contributed by atoms with van der Waals surface area (Å²) in [7, 11) is 0. The van der Waals surface area contributed by atoms with Crippen molar-refractivity contribution in [3.8, 4) is 11.4 Å². The third-order valence-corrected chi connectivity index (χ3v) is 4.45. The van der Waals surface area contributed by atoms with E-state index in [1.165, 1.54) is 11.8 Å². The molecule has 1 amide bonds. The van der Waals surface area contributed by atoms with Crippen LogP contribution in [0, 0.1) is 6.92 Å². The van der Waals surface area contributed by atoms with Crippen LogP contribution >= 0.6 is 11.8 Å². The maximum absolute atomic E-state index is 11.9. The number of carbonyl (C=O) groups excluding carboxylic acids is 1. The van der Waals surface area contributed by atoms with Crippen LogP contribution in [0.5, 0.6) is 0 Å². The van der Waals surface area contributed by atoms with Gasteiger partial charge in [0.05, 0.1) is 17.6 Å². The van der Waals surface area contributed by atoms with Crippen molar-refractivity contribution in [2.24, 2.45) is 0 Å². The molecule has 0 aliphatic rings. The van der Waals surface area contributed by atoms with Gasteiger partial charge in [-0.3, -0.25) is 4.79 Å². The van der Waals surface area contributed by atoms with Crippen molar-refractivity contribution in [3.05, 3.63) is 18.1 Å². The molecule has 0 aliphatic heterocycles. The second kappa shape index (κ2) is 7.49. The van der Waals surface area contributed by atoms with Crippen molar-refractivity contribution in [2.75, 3.05) is 5.75 Å². The zero-order valence-electron chi connectivity index (χ0n) is 13.4. The van der Waals surface area contributed by atoms with Gasteiger partial charge in [0, 0.05) is 12.6 Å². The number of amides is 1. The summed E-state index contributed by atoms with van der Waals surface area (Å²) >= 11 is 1.40. The third-order valence-electron chi connectivity index (χ3n) is 3.48. The van der Waals surface area contributed by atoms with Crippen molar-refractivity contribution in [2.45, 2.75) is 51.9 Å². The van der Waals surface area contributed by atoms with Crippen molar-refractivity contribution in [1.82, 2.24) is 20.1 Å². The Labute approximate surface area is 134 Å². The van der Waals surface area contributed by atoms with E-state index in [9.17, 15) is 4.79 Å². The summed E-state index contributed by atoms with van der Waals surface area (Å²) in [6, 6.07) is 2.08. The fraction of sp³-hybridized carbons (Fsp3) is 0.533. The van der Waals surface area contributed by atoms with Gasteiger partial charge in [0.15, 0.2) is 11.0 Å². The highest BCUT2D eigenvalue weighted by Crippen LogP contribution is 2.26. The number of nitrogens with zero attached hydrogens (tertiary/aromatic N) is 3. The molecule has 6 nitrogen and oxygen atoms in total. The molecule has 22 heavy (non-hydrogen) atoms. The van der Waals surface area contributed by atoms with Crippen molar-refractivity contribution in [3.63, 3.8) is 0 Å². The van der Waals surface area contributed by atoms with E-state index in [1.807, 2.05) is 38.3 Å². The summed E-state index contributed by atoms with van der Waals surface area (Å²) in [5.74, 6) is 1.95. The minimum absolute atomic E-state index is 0.0195. The first kappa shape index (κ1) is 16.6. The van der Waals surface area contributed by atoms with Crippen LogP contribution in [-0.4, -0.2) is 32.5 Å². The summed E-state index contributed by atoms with van der Waals surface area (Å²) < 4.78 is 7.33. The van der Waals surface area contributed by atoms with Gasteiger partial charge in [-0.2, -0.15) is 0 Å². The second-order valence-electron chi connectivity index (χ2n) is 5.11. The molecule has 0 bridgehead atoms. The third kappa shape index (κ3) is 3.71. The van der Waals surface area contributed by atoms with Crippen LogP contribution in [0.1, 0.15) is 33.0 Å². The van der Waals surface area contributed by atoms with Crippen LogP contribution in [0.15, 0.2) is 21.9 Å². The Kier molecular flexibility index (Phi) is 5.65. The minimum Gasteiger partial charge on any atom is -0.469 e. The Balaban J connectivity index is 2.08. The van der Waals surface area contributed by atoms with Crippen LogP contribution < -0.4 is 5.32 Å². The van der Waals surface area contributed by atoms with Gasteiger partial charge in [0.1, 0.15) is 5.76 Å². The highest BCUT2D eigenvalue weighted by atomic mass is 32.2. The molecular formula is C15H22N4O2S. The Morgan fingerprint density at radius 1 is 1.45 bits per heavy atom. The number of aromatic nitrogens is 3. The molecule has 0 saturated carbocycles. The number of carbonyl (C=O) groups is 1. The van der Waals surface area contributed by atoms with Crippen LogP contribution in [0.2, 0.25) is 0 Å². The molecule has 0 aromatic carbocycles. The second-order valence-corrected chi connectivity index (χ2v) is 6.05. The number of furan rings is 1. The Bertz CT molecular complexity index is 635. The fourth-order valence-corrected chi connectivity index (χ4v) is 2.86. The largest absolute Gasteiger partial charge is 0.469 e. The highest BCUT2D eigenvalue weighted by Gasteiger charge is 2.17. The molecule has 2 heterocycles. The van der Waals surface area contributed by atoms with Crippen molar-refractivity contribution >= 4 is 17.7 Å². The number of hydrogen-bond acceptors (Lipinski definition) is 5. The number of aryl methyl sites for hydroxylation is 1. The summed E-state index contributed by atoms with van der Waals surface area (Å²) in [4.78, 5) is 11.9. The lowest BCUT2D eigenvalue weighted by Crippen LogP contribution is -2.33. The Hall–Kier alpha value is -1.76. The Morgan fingerprint density at radius 2 is 2.23 bits per heavy atom. The average molecular weight is 322 g/mol. The van der Waals surface area contributed by atoms with Crippen LogP contribution in [0.4, 0.5) is 0 Å². The quantitative estimate of drug-likeness (QED) is 0.794. The maximum atomic E-state index is 11.9. The smallest absolute Gasteiger partial charge is 0.230 e. The van der Waals surface area contributed by atoms with Crippen molar-refractivity contribution in [1.29, 1.82) is 0 Å². The van der Waals surface area contributed by atoms with Gasteiger partial charge < -0.3 is 14.3 Å². The molecule has 1 unspecified atom stereocenters. The molecule has 0 radical (unpaired) electrons. The zero-order chi connectivity index (χ0) is 16.1. The molecule has 1 N–H and O–H groups in total. The van der Waals surface area contributed by atoms with Gasteiger partial charge in [-0.1, -0.05) is 18.7 Å². The van der Waals surface area contributed by atoms with E-state index in [-0.39, 0.29) is 11.9 Å². The van der Waals surface area contributed by atoms with Crippen LogP contribution in [0.25, 0.3) is 11.4 Å². The van der Waals surface area contributed by atoms with E-state index >= 15 is 0 Å². The lowest BCUT2D eigenvalue weighted by atomic mass is 10.2. The summed E-state index contributed by atoms with van der Waals surface area (Å²) in [5, 5.41) is 12.2. The van der Waals surface area contributed by atoms with E-state index < -0.39 is 0 Å². The summed E-state index contributed by atoms with van der Waals surface area (Å²) in [5.41, 5.74) is 0.935. The molecule has 120 valence electrons. The molecule has 0 fully saturated rings. The molecule has 0 spiro atoms. The first-order chi connectivity index (χ1) is 10.6. The minimum atomic E-state index is 0.0195. The first-order valence-corrected chi connectivity index (χ1v) is 8.45. The molecule has 7 heteroatoms. The first-order valence-electron chi connectivity index (χ1n) is 7.46. The average Bonchev–Trinajstić information content (AvgIpc) is 3.10. The molecule has 2 aromatic heterocycles. The normalized spacial score (nSPS) is 12.4. The monoisotopic (exact) mass is 322 g/mol. The predicted molar refractivity (Wildman–Crippen MR) is 86.8 cm³/mol. The molecular weight excluding hydrogens is 300 g/mol. The highest BCUT2D eigenvalue weighted by molar-refractivity contribution is 7.99. The van der Waals surface area contributed by atoms with Gasteiger partial charge in [0.25, 0.3) is 0 Å². The lowest BCUT2D eigenvalue weighted by Gasteiger charge is -2.11. The van der Waals surface area contributed by atoms with Crippen LogP contribution in [-0.2, 0) is 11.3 Å². The van der Waals surface area contributed by atoms with Crippen LogP contribution in [0.3, 0.4) is 0 Å². The molecule has 0 aliphatic carbocycles. The van der Waals surface area contributed by atoms with Gasteiger partial charge in [0.2, 0.25) is 5.91 Å². The van der Waals surface area contributed by atoms with Gasteiger partial charge in [-0.05, 0) is 33.3 Å². The Morgan fingerprint density at radius 3 is 2.82 bits per heavy atom. The van der Waals surface area contributed by atoms with E-state index in [0.29, 0.717) is 5.75 Å². The van der Waals surface area contributed by atoms with E-state index in [2.05, 4.69) is 15.5 Å². The zero-order valence-corrected chi connectivity index (χ0v) is 14.2.